The van der Waals surface area contributed by atoms with Gasteiger partial charge in [0.05, 0.1) is 4.47 Å². The number of hydrogen-bond acceptors (Lipinski definition) is 5. The first kappa shape index (κ1) is 12.3. The number of pyridine rings is 1. The largest absolute Gasteiger partial charge is 0.357 e. The Balaban J connectivity index is 2.32. The molecule has 0 radical (unpaired) electrons. The second kappa shape index (κ2) is 5.46. The summed E-state index contributed by atoms with van der Waals surface area (Å²) in [5, 5.41) is 4.73. The van der Waals surface area contributed by atoms with Crippen LogP contribution in [0.5, 0.6) is 0 Å². The smallest absolute Gasteiger partial charge is 0.223 e. The molecule has 1 N–H and O–H groups in total. The van der Waals surface area contributed by atoms with Crippen LogP contribution in [0, 0.1) is 6.92 Å². The second-order valence-corrected chi connectivity index (χ2v) is 5.16. The van der Waals surface area contributed by atoms with Crippen LogP contribution in [-0.4, -0.2) is 22.0 Å². The highest BCUT2D eigenvalue weighted by Gasteiger charge is 2.08. The Bertz CT molecular complexity index is 533. The van der Waals surface area contributed by atoms with E-state index in [1.54, 1.807) is 19.4 Å². The Morgan fingerprint density at radius 3 is 2.82 bits per heavy atom. The lowest BCUT2D eigenvalue weighted by Gasteiger charge is -2.06. The summed E-state index contributed by atoms with van der Waals surface area (Å²) >= 11 is 4.99. The fourth-order valence-corrected chi connectivity index (χ4v) is 2.49. The summed E-state index contributed by atoms with van der Waals surface area (Å²) in [4.78, 5) is 12.9. The molecule has 0 atom stereocenters. The van der Waals surface area contributed by atoms with Crippen LogP contribution in [0.2, 0.25) is 0 Å². The van der Waals surface area contributed by atoms with Crippen molar-refractivity contribution >= 4 is 33.6 Å². The molecule has 0 aliphatic carbocycles. The first-order chi connectivity index (χ1) is 8.20. The SMILES string of the molecule is CNc1ncc(C)c(Sc2ncccc2Br)n1. The van der Waals surface area contributed by atoms with E-state index in [1.807, 2.05) is 19.1 Å². The third-order valence-electron chi connectivity index (χ3n) is 2.07. The van der Waals surface area contributed by atoms with E-state index in [4.69, 9.17) is 0 Å². The van der Waals surface area contributed by atoms with Gasteiger partial charge in [0.15, 0.2) is 0 Å². The molecular weight excluding hydrogens is 300 g/mol. The Labute approximate surface area is 112 Å². The molecule has 0 fully saturated rings. The molecule has 0 unspecified atom stereocenters. The van der Waals surface area contributed by atoms with Crippen molar-refractivity contribution < 1.29 is 0 Å². The van der Waals surface area contributed by atoms with Crippen molar-refractivity contribution in [1.29, 1.82) is 0 Å². The lowest BCUT2D eigenvalue weighted by Crippen LogP contribution is -1.98. The van der Waals surface area contributed by atoms with Gasteiger partial charge in [-0.1, -0.05) is 0 Å². The van der Waals surface area contributed by atoms with E-state index >= 15 is 0 Å². The maximum absolute atomic E-state index is 4.41. The third kappa shape index (κ3) is 2.95. The Hall–Kier alpha value is -1.14. The van der Waals surface area contributed by atoms with Gasteiger partial charge in [0.2, 0.25) is 5.95 Å². The fraction of sp³-hybridized carbons (Fsp3) is 0.182. The molecule has 0 bridgehead atoms. The first-order valence-corrected chi connectivity index (χ1v) is 6.61. The lowest BCUT2D eigenvalue weighted by atomic mass is 10.4. The molecule has 0 saturated carbocycles. The summed E-state index contributed by atoms with van der Waals surface area (Å²) in [6, 6.07) is 3.85. The van der Waals surface area contributed by atoms with Gasteiger partial charge < -0.3 is 5.32 Å². The molecule has 0 amide bonds. The highest BCUT2D eigenvalue weighted by molar-refractivity contribution is 9.10. The standard InChI is InChI=1S/C11H11BrN4S/c1-7-6-15-11(13-2)16-9(7)17-10-8(12)4-3-5-14-10/h3-6H,1-2H3,(H,13,15,16). The van der Waals surface area contributed by atoms with Crippen molar-refractivity contribution in [1.82, 2.24) is 15.0 Å². The molecule has 0 aromatic carbocycles. The zero-order valence-electron chi connectivity index (χ0n) is 9.44. The van der Waals surface area contributed by atoms with Gasteiger partial charge in [-0.2, -0.15) is 0 Å². The number of anilines is 1. The van der Waals surface area contributed by atoms with E-state index in [0.29, 0.717) is 5.95 Å². The molecule has 2 rings (SSSR count). The molecule has 0 aliphatic rings. The maximum atomic E-state index is 4.41. The van der Waals surface area contributed by atoms with E-state index < -0.39 is 0 Å². The Morgan fingerprint density at radius 2 is 2.12 bits per heavy atom. The van der Waals surface area contributed by atoms with E-state index in [2.05, 4.69) is 36.2 Å². The number of halogens is 1. The minimum Gasteiger partial charge on any atom is -0.357 e. The minimum atomic E-state index is 0.616. The normalized spacial score (nSPS) is 10.3. The summed E-state index contributed by atoms with van der Waals surface area (Å²) in [5.74, 6) is 0.616. The number of nitrogens with one attached hydrogen (secondary N) is 1. The van der Waals surface area contributed by atoms with Gasteiger partial charge in [-0.25, -0.2) is 15.0 Å². The molecule has 88 valence electrons. The highest BCUT2D eigenvalue weighted by atomic mass is 79.9. The van der Waals surface area contributed by atoms with Crippen LogP contribution in [0.15, 0.2) is 39.1 Å². The van der Waals surface area contributed by atoms with Crippen LogP contribution >= 0.6 is 27.7 Å². The average molecular weight is 311 g/mol. The van der Waals surface area contributed by atoms with Crippen molar-refractivity contribution in [2.75, 3.05) is 12.4 Å². The van der Waals surface area contributed by atoms with Gasteiger partial charge >= 0.3 is 0 Å². The van der Waals surface area contributed by atoms with E-state index in [0.717, 1.165) is 20.1 Å². The van der Waals surface area contributed by atoms with Crippen LogP contribution < -0.4 is 5.32 Å². The zero-order chi connectivity index (χ0) is 12.3. The molecule has 2 aromatic rings. The lowest BCUT2D eigenvalue weighted by molar-refractivity contribution is 0.996. The first-order valence-electron chi connectivity index (χ1n) is 5.00. The fourth-order valence-electron chi connectivity index (χ4n) is 1.19. The Kier molecular flexibility index (Phi) is 3.96. The molecule has 4 nitrogen and oxygen atoms in total. The van der Waals surface area contributed by atoms with E-state index in [9.17, 15) is 0 Å². The van der Waals surface area contributed by atoms with Gasteiger partial charge in [0.25, 0.3) is 0 Å². The molecule has 2 aromatic heterocycles. The van der Waals surface area contributed by atoms with Gasteiger partial charge in [-0.15, -0.1) is 0 Å². The van der Waals surface area contributed by atoms with E-state index in [1.165, 1.54) is 11.8 Å². The predicted molar refractivity (Wildman–Crippen MR) is 72.4 cm³/mol. The van der Waals surface area contributed by atoms with Crippen LogP contribution in [0.1, 0.15) is 5.56 Å². The van der Waals surface area contributed by atoms with Crippen molar-refractivity contribution in [3.63, 3.8) is 0 Å². The molecule has 2 heterocycles. The van der Waals surface area contributed by atoms with Crippen molar-refractivity contribution in [2.45, 2.75) is 17.0 Å². The maximum Gasteiger partial charge on any atom is 0.223 e. The van der Waals surface area contributed by atoms with Crippen LogP contribution in [-0.2, 0) is 0 Å². The van der Waals surface area contributed by atoms with Crippen molar-refractivity contribution in [3.8, 4) is 0 Å². The average Bonchev–Trinajstić information content (AvgIpc) is 2.35. The van der Waals surface area contributed by atoms with Crippen LogP contribution in [0.4, 0.5) is 5.95 Å². The van der Waals surface area contributed by atoms with E-state index in [-0.39, 0.29) is 0 Å². The van der Waals surface area contributed by atoms with Crippen molar-refractivity contribution in [2.24, 2.45) is 0 Å². The number of hydrogen-bond donors (Lipinski definition) is 1. The van der Waals surface area contributed by atoms with Crippen LogP contribution in [0.25, 0.3) is 0 Å². The molecule has 0 aliphatic heterocycles. The summed E-state index contributed by atoms with van der Waals surface area (Å²) in [6.07, 6.45) is 3.57. The predicted octanol–water partition coefficient (Wildman–Crippen LogP) is 3.14. The third-order valence-corrected chi connectivity index (χ3v) is 4.09. The number of nitrogens with zero attached hydrogens (tertiary/aromatic N) is 3. The molecule has 17 heavy (non-hydrogen) atoms. The number of aryl methyl sites for hydroxylation is 1. The van der Waals surface area contributed by atoms with Gasteiger partial charge in [0, 0.05) is 25.0 Å². The second-order valence-electron chi connectivity index (χ2n) is 3.32. The Morgan fingerprint density at radius 1 is 1.29 bits per heavy atom. The summed E-state index contributed by atoms with van der Waals surface area (Å²) in [5.41, 5.74) is 1.03. The van der Waals surface area contributed by atoms with Gasteiger partial charge in [-0.05, 0) is 46.7 Å². The topological polar surface area (TPSA) is 50.7 Å². The number of rotatable bonds is 3. The van der Waals surface area contributed by atoms with Gasteiger partial charge in [0.1, 0.15) is 10.1 Å². The van der Waals surface area contributed by atoms with Crippen molar-refractivity contribution in [3.05, 3.63) is 34.6 Å². The molecule has 6 heteroatoms. The minimum absolute atomic E-state index is 0.616. The van der Waals surface area contributed by atoms with Gasteiger partial charge in [-0.3, -0.25) is 0 Å². The monoisotopic (exact) mass is 310 g/mol. The van der Waals surface area contributed by atoms with Crippen LogP contribution in [0.3, 0.4) is 0 Å². The summed E-state index contributed by atoms with van der Waals surface area (Å²) in [7, 11) is 1.80. The molecule has 0 saturated heterocycles. The summed E-state index contributed by atoms with van der Waals surface area (Å²) in [6.45, 7) is 1.98. The zero-order valence-corrected chi connectivity index (χ0v) is 11.8. The molecular formula is C11H11BrN4S. The highest BCUT2D eigenvalue weighted by Crippen LogP contribution is 2.32. The molecule has 0 spiro atoms. The number of aromatic nitrogens is 3. The quantitative estimate of drug-likeness (QED) is 0.883. The summed E-state index contributed by atoms with van der Waals surface area (Å²) < 4.78 is 0.967.